The van der Waals surface area contributed by atoms with Crippen molar-refractivity contribution < 1.29 is 4.79 Å². The van der Waals surface area contributed by atoms with Gasteiger partial charge in [-0.3, -0.25) is 4.79 Å². The normalized spacial score (nSPS) is 11.0. The van der Waals surface area contributed by atoms with E-state index in [9.17, 15) is 4.79 Å². The van der Waals surface area contributed by atoms with Gasteiger partial charge in [-0.25, -0.2) is 4.98 Å². The van der Waals surface area contributed by atoms with Crippen LogP contribution in [0.5, 0.6) is 0 Å². The Balaban J connectivity index is 1.68. The Hall–Kier alpha value is -1.73. The SMILES string of the molecule is O=C(Nc1sccc1-c1nc2ccccc2s1)c1cc(Br)ccc1Cl. The van der Waals surface area contributed by atoms with E-state index < -0.39 is 0 Å². The van der Waals surface area contributed by atoms with Crippen molar-refractivity contribution in [1.29, 1.82) is 0 Å². The number of hydrogen-bond donors (Lipinski definition) is 1. The number of thiazole rings is 1. The number of carbonyl (C=O) groups is 1. The van der Waals surface area contributed by atoms with E-state index >= 15 is 0 Å². The Bertz CT molecular complexity index is 1060. The molecule has 0 saturated heterocycles. The minimum atomic E-state index is -0.240. The molecule has 0 aliphatic heterocycles. The Morgan fingerprint density at radius 1 is 1.16 bits per heavy atom. The summed E-state index contributed by atoms with van der Waals surface area (Å²) in [7, 11) is 0. The molecule has 0 saturated carbocycles. The van der Waals surface area contributed by atoms with Gasteiger partial charge >= 0.3 is 0 Å². The van der Waals surface area contributed by atoms with E-state index in [0.29, 0.717) is 10.6 Å². The second-order valence-electron chi connectivity index (χ2n) is 5.23. The van der Waals surface area contributed by atoms with Gasteiger partial charge < -0.3 is 5.32 Å². The number of nitrogens with one attached hydrogen (secondary N) is 1. The number of aromatic nitrogens is 1. The molecule has 0 aliphatic rings. The minimum Gasteiger partial charge on any atom is -0.313 e. The first-order valence-corrected chi connectivity index (χ1v) is 10.2. The Kier molecular flexibility index (Phi) is 4.60. The number of fused-ring (bicyclic) bond motifs is 1. The van der Waals surface area contributed by atoms with Crippen molar-refractivity contribution >= 4 is 71.3 Å². The highest BCUT2D eigenvalue weighted by atomic mass is 79.9. The first-order valence-electron chi connectivity index (χ1n) is 7.31. The number of anilines is 1. The third kappa shape index (κ3) is 3.35. The van der Waals surface area contributed by atoms with E-state index in [1.165, 1.54) is 11.3 Å². The molecule has 25 heavy (non-hydrogen) atoms. The molecule has 0 aliphatic carbocycles. The van der Waals surface area contributed by atoms with Crippen LogP contribution >= 0.6 is 50.2 Å². The largest absolute Gasteiger partial charge is 0.313 e. The van der Waals surface area contributed by atoms with Gasteiger partial charge in [-0.1, -0.05) is 39.7 Å². The zero-order valence-electron chi connectivity index (χ0n) is 12.6. The molecule has 3 nitrogen and oxygen atoms in total. The average molecular weight is 450 g/mol. The number of hydrogen-bond acceptors (Lipinski definition) is 4. The topological polar surface area (TPSA) is 42.0 Å². The van der Waals surface area contributed by atoms with Gasteiger partial charge in [0, 0.05) is 10.0 Å². The molecule has 2 heterocycles. The smallest absolute Gasteiger partial charge is 0.257 e. The third-order valence-corrected chi connectivity index (χ3v) is 6.31. The number of carbonyl (C=O) groups excluding carboxylic acids is 1. The highest BCUT2D eigenvalue weighted by Gasteiger charge is 2.16. The van der Waals surface area contributed by atoms with Crippen molar-refractivity contribution in [3.05, 3.63) is 69.0 Å². The van der Waals surface area contributed by atoms with E-state index in [2.05, 4.69) is 26.2 Å². The molecule has 0 atom stereocenters. The van der Waals surface area contributed by atoms with Gasteiger partial charge in [-0.05, 0) is 41.8 Å². The fourth-order valence-electron chi connectivity index (χ4n) is 2.40. The summed E-state index contributed by atoms with van der Waals surface area (Å²) in [6.45, 7) is 0. The fraction of sp³-hybridized carbons (Fsp3) is 0. The summed E-state index contributed by atoms with van der Waals surface area (Å²) < 4.78 is 1.93. The quantitative estimate of drug-likeness (QED) is 0.378. The van der Waals surface area contributed by atoms with Crippen LogP contribution in [-0.2, 0) is 0 Å². The lowest BCUT2D eigenvalue weighted by Crippen LogP contribution is -2.12. The zero-order chi connectivity index (χ0) is 17.4. The lowest BCUT2D eigenvalue weighted by molar-refractivity contribution is 0.102. The second-order valence-corrected chi connectivity index (χ2v) is 8.50. The number of halogens is 2. The van der Waals surface area contributed by atoms with Crippen LogP contribution in [0.3, 0.4) is 0 Å². The summed E-state index contributed by atoms with van der Waals surface area (Å²) in [6.07, 6.45) is 0. The van der Waals surface area contributed by atoms with Crippen molar-refractivity contribution in [2.45, 2.75) is 0 Å². The van der Waals surface area contributed by atoms with Crippen LogP contribution in [0.25, 0.3) is 20.8 Å². The predicted octanol–water partition coefficient (Wildman–Crippen LogP) is 6.69. The van der Waals surface area contributed by atoms with Crippen LogP contribution in [0.4, 0.5) is 5.00 Å². The van der Waals surface area contributed by atoms with E-state index in [4.69, 9.17) is 11.6 Å². The van der Waals surface area contributed by atoms with Crippen LogP contribution in [-0.4, -0.2) is 10.9 Å². The molecule has 0 radical (unpaired) electrons. The van der Waals surface area contributed by atoms with E-state index in [-0.39, 0.29) is 5.91 Å². The van der Waals surface area contributed by atoms with Gasteiger partial charge in [0.25, 0.3) is 5.91 Å². The first-order chi connectivity index (χ1) is 12.1. The maximum atomic E-state index is 12.6. The summed E-state index contributed by atoms with van der Waals surface area (Å²) >= 11 is 12.6. The van der Waals surface area contributed by atoms with E-state index in [0.717, 1.165) is 30.3 Å². The lowest BCUT2D eigenvalue weighted by atomic mass is 10.2. The van der Waals surface area contributed by atoms with Crippen LogP contribution in [0.1, 0.15) is 10.4 Å². The average Bonchev–Trinajstić information content (AvgIpc) is 3.22. The zero-order valence-corrected chi connectivity index (χ0v) is 16.6. The van der Waals surface area contributed by atoms with Crippen LogP contribution in [0.2, 0.25) is 5.02 Å². The summed E-state index contributed by atoms with van der Waals surface area (Å²) in [6, 6.07) is 15.2. The van der Waals surface area contributed by atoms with Gasteiger partial charge in [0.2, 0.25) is 0 Å². The molecule has 4 aromatic rings. The van der Waals surface area contributed by atoms with E-state index in [1.807, 2.05) is 35.7 Å². The number of para-hydroxylation sites is 1. The molecule has 1 amide bonds. The molecule has 2 aromatic carbocycles. The third-order valence-electron chi connectivity index (χ3n) is 3.59. The number of amides is 1. The summed E-state index contributed by atoms with van der Waals surface area (Å²) in [5.74, 6) is -0.240. The number of thiophene rings is 1. The molecule has 0 fully saturated rings. The van der Waals surface area contributed by atoms with Crippen molar-refractivity contribution in [3.8, 4) is 10.6 Å². The van der Waals surface area contributed by atoms with Gasteiger partial charge in [-0.2, -0.15) is 0 Å². The molecule has 7 heteroatoms. The van der Waals surface area contributed by atoms with Crippen molar-refractivity contribution in [1.82, 2.24) is 4.98 Å². The minimum absolute atomic E-state index is 0.240. The molecule has 0 bridgehead atoms. The maximum absolute atomic E-state index is 12.6. The van der Waals surface area contributed by atoms with Crippen LogP contribution < -0.4 is 5.32 Å². The monoisotopic (exact) mass is 448 g/mol. The van der Waals surface area contributed by atoms with Gasteiger partial charge in [0.05, 0.1) is 20.8 Å². The number of benzene rings is 2. The van der Waals surface area contributed by atoms with Crippen LogP contribution in [0, 0.1) is 0 Å². The second kappa shape index (κ2) is 6.88. The Morgan fingerprint density at radius 3 is 2.84 bits per heavy atom. The highest BCUT2D eigenvalue weighted by Crippen LogP contribution is 2.38. The van der Waals surface area contributed by atoms with Crippen LogP contribution in [0.15, 0.2) is 58.4 Å². The molecule has 2 aromatic heterocycles. The summed E-state index contributed by atoms with van der Waals surface area (Å²) in [5, 5.41) is 6.97. The Morgan fingerprint density at radius 2 is 2.00 bits per heavy atom. The molecule has 1 N–H and O–H groups in total. The Labute approximate surface area is 165 Å². The van der Waals surface area contributed by atoms with Gasteiger partial charge in [-0.15, -0.1) is 22.7 Å². The predicted molar refractivity (Wildman–Crippen MR) is 110 cm³/mol. The molecule has 124 valence electrons. The number of nitrogens with zero attached hydrogens (tertiary/aromatic N) is 1. The van der Waals surface area contributed by atoms with Crippen molar-refractivity contribution in [3.63, 3.8) is 0 Å². The van der Waals surface area contributed by atoms with Crippen molar-refractivity contribution in [2.75, 3.05) is 5.32 Å². The standard InChI is InChI=1S/C18H10BrClN2OS2/c19-10-5-6-13(20)12(9-10)16(23)22-17-11(7-8-24-17)18-21-14-3-1-2-4-15(14)25-18/h1-9H,(H,22,23). The van der Waals surface area contributed by atoms with Crippen molar-refractivity contribution in [2.24, 2.45) is 0 Å². The molecule has 4 rings (SSSR count). The lowest BCUT2D eigenvalue weighted by Gasteiger charge is -2.07. The first kappa shape index (κ1) is 16.7. The summed E-state index contributed by atoms with van der Waals surface area (Å²) in [4.78, 5) is 17.3. The molecule has 0 unspecified atom stereocenters. The molecular formula is C18H10BrClN2OS2. The number of rotatable bonds is 3. The molecular weight excluding hydrogens is 440 g/mol. The van der Waals surface area contributed by atoms with E-state index in [1.54, 1.807) is 29.5 Å². The molecule has 0 spiro atoms. The van der Waals surface area contributed by atoms with Gasteiger partial charge in [0.15, 0.2) is 0 Å². The summed E-state index contributed by atoms with van der Waals surface area (Å²) in [5.41, 5.74) is 2.31. The maximum Gasteiger partial charge on any atom is 0.257 e. The fourth-order valence-corrected chi connectivity index (χ4v) is 4.81. The highest BCUT2D eigenvalue weighted by molar-refractivity contribution is 9.10. The van der Waals surface area contributed by atoms with Gasteiger partial charge in [0.1, 0.15) is 10.0 Å².